The van der Waals surface area contributed by atoms with E-state index in [0.29, 0.717) is 24.7 Å². The summed E-state index contributed by atoms with van der Waals surface area (Å²) in [6, 6.07) is 10.3. The molecule has 4 fully saturated rings. The molecule has 0 amide bonds. The fourth-order valence-electron chi connectivity index (χ4n) is 6.73. The van der Waals surface area contributed by atoms with Crippen LogP contribution in [0.25, 0.3) is 0 Å². The van der Waals surface area contributed by atoms with E-state index in [-0.39, 0.29) is 35.5 Å². The molecule has 4 aliphatic rings. The average Bonchev–Trinajstić information content (AvgIpc) is 3.72. The quantitative estimate of drug-likeness (QED) is 0.137. The van der Waals surface area contributed by atoms with Crippen molar-refractivity contribution < 1.29 is 78.7 Å². The van der Waals surface area contributed by atoms with Gasteiger partial charge in [-0.3, -0.25) is 0 Å². The number of methoxy groups -OCH3 is 2. The molecule has 0 aliphatic carbocycles. The monoisotopic (exact) mass is 682 g/mol. The minimum Gasteiger partial charge on any atom is -0.493 e. The van der Waals surface area contributed by atoms with Crippen LogP contribution in [0.5, 0.6) is 23.0 Å². The lowest BCUT2D eigenvalue weighted by atomic mass is 9.85. The van der Waals surface area contributed by atoms with E-state index in [0.717, 1.165) is 11.1 Å². The molecular weight excluding hydrogens is 640 g/mol. The summed E-state index contributed by atoms with van der Waals surface area (Å²) in [4.78, 5) is 0. The highest BCUT2D eigenvalue weighted by molar-refractivity contribution is 5.46. The first kappa shape index (κ1) is 35.0. The lowest BCUT2D eigenvalue weighted by molar-refractivity contribution is -0.277. The number of hydrogen-bond acceptors (Lipinski definition) is 16. The Balaban J connectivity index is 1.14. The van der Waals surface area contributed by atoms with Crippen molar-refractivity contribution in [3.63, 3.8) is 0 Å². The highest BCUT2D eigenvalue weighted by Crippen LogP contribution is 2.52. The van der Waals surface area contributed by atoms with Gasteiger partial charge in [-0.2, -0.15) is 0 Å². The lowest BCUT2D eigenvalue weighted by Crippen LogP contribution is -2.60. The summed E-state index contributed by atoms with van der Waals surface area (Å²) in [6.07, 6.45) is -15.0. The Morgan fingerprint density at radius 1 is 0.562 bits per heavy atom. The molecule has 14 atom stereocenters. The summed E-state index contributed by atoms with van der Waals surface area (Å²) in [5.41, 5.74) is 1.59. The molecule has 0 aromatic heterocycles. The molecular formula is C32H42O16. The minimum absolute atomic E-state index is 0.0204. The molecule has 48 heavy (non-hydrogen) atoms. The van der Waals surface area contributed by atoms with Crippen LogP contribution in [0.4, 0.5) is 0 Å². The molecule has 16 heteroatoms. The fraction of sp³-hybridized carbons (Fsp3) is 0.625. The third-order valence-electron chi connectivity index (χ3n) is 9.48. The second-order valence-electron chi connectivity index (χ2n) is 12.3. The van der Waals surface area contributed by atoms with Gasteiger partial charge in [0.1, 0.15) is 48.8 Å². The Bertz CT molecular complexity index is 1290. The second-order valence-corrected chi connectivity index (χ2v) is 12.3. The van der Waals surface area contributed by atoms with Crippen LogP contribution in [-0.2, 0) is 18.9 Å². The van der Waals surface area contributed by atoms with Gasteiger partial charge >= 0.3 is 0 Å². The van der Waals surface area contributed by atoms with E-state index < -0.39 is 74.6 Å². The maximum Gasteiger partial charge on any atom is 0.229 e. The highest BCUT2D eigenvalue weighted by atomic mass is 16.7. The van der Waals surface area contributed by atoms with Crippen LogP contribution >= 0.6 is 0 Å². The number of aliphatic hydroxyl groups is 8. The van der Waals surface area contributed by atoms with Crippen LogP contribution < -0.4 is 18.9 Å². The van der Waals surface area contributed by atoms with Gasteiger partial charge in [0, 0.05) is 11.8 Å². The van der Waals surface area contributed by atoms with E-state index in [1.807, 2.05) is 0 Å². The summed E-state index contributed by atoms with van der Waals surface area (Å²) >= 11 is 0. The predicted molar refractivity (Wildman–Crippen MR) is 159 cm³/mol. The van der Waals surface area contributed by atoms with Gasteiger partial charge < -0.3 is 78.7 Å². The van der Waals surface area contributed by atoms with Gasteiger partial charge in [-0.15, -0.1) is 0 Å². The molecule has 2 aromatic carbocycles. The van der Waals surface area contributed by atoms with E-state index in [1.54, 1.807) is 36.4 Å². The van der Waals surface area contributed by atoms with Gasteiger partial charge in [-0.25, -0.2) is 0 Å². The number of aliphatic hydroxyl groups excluding tert-OH is 8. The van der Waals surface area contributed by atoms with Gasteiger partial charge in [-0.05, 0) is 35.4 Å². The summed E-state index contributed by atoms with van der Waals surface area (Å²) in [5, 5.41) is 80.1. The molecule has 4 heterocycles. The zero-order valence-corrected chi connectivity index (χ0v) is 26.2. The number of benzene rings is 2. The Labute approximate surface area is 275 Å². The molecule has 12 unspecified atom stereocenters. The molecule has 16 nitrogen and oxygen atoms in total. The first-order valence-electron chi connectivity index (χ1n) is 15.6. The van der Waals surface area contributed by atoms with Crippen LogP contribution in [0.1, 0.15) is 23.3 Å². The first-order valence-corrected chi connectivity index (χ1v) is 15.6. The Morgan fingerprint density at radius 2 is 0.958 bits per heavy atom. The third-order valence-corrected chi connectivity index (χ3v) is 9.48. The lowest BCUT2D eigenvalue weighted by Gasteiger charge is -2.39. The Kier molecular flexibility index (Phi) is 10.6. The third kappa shape index (κ3) is 6.44. The Morgan fingerprint density at radius 3 is 1.31 bits per heavy atom. The van der Waals surface area contributed by atoms with Crippen LogP contribution in [-0.4, -0.2) is 143 Å². The molecule has 6 rings (SSSR count). The van der Waals surface area contributed by atoms with E-state index in [9.17, 15) is 40.9 Å². The maximum atomic E-state index is 10.4. The second kappa shape index (κ2) is 14.6. The largest absolute Gasteiger partial charge is 0.493 e. The number of rotatable bonds is 10. The number of hydrogen-bond donors (Lipinski definition) is 8. The van der Waals surface area contributed by atoms with Crippen molar-refractivity contribution in [3.8, 4) is 23.0 Å². The van der Waals surface area contributed by atoms with Gasteiger partial charge in [0.15, 0.2) is 23.0 Å². The van der Waals surface area contributed by atoms with Crippen molar-refractivity contribution in [3.05, 3.63) is 47.5 Å². The van der Waals surface area contributed by atoms with Crippen molar-refractivity contribution in [2.45, 2.75) is 73.6 Å². The van der Waals surface area contributed by atoms with Crippen molar-refractivity contribution in [2.24, 2.45) is 11.8 Å². The van der Waals surface area contributed by atoms with Crippen molar-refractivity contribution >= 4 is 0 Å². The molecule has 0 spiro atoms. The summed E-state index contributed by atoms with van der Waals surface area (Å²) < 4.78 is 46.1. The van der Waals surface area contributed by atoms with E-state index >= 15 is 0 Å². The maximum absolute atomic E-state index is 10.4. The van der Waals surface area contributed by atoms with E-state index in [1.165, 1.54) is 14.2 Å². The topological polar surface area (TPSA) is 236 Å². The van der Waals surface area contributed by atoms with E-state index in [2.05, 4.69) is 0 Å². The number of fused-ring (bicyclic) bond motifs is 1. The molecule has 266 valence electrons. The van der Waals surface area contributed by atoms with Gasteiger partial charge in [0.05, 0.1) is 52.9 Å². The van der Waals surface area contributed by atoms with Crippen LogP contribution in [0.2, 0.25) is 0 Å². The van der Waals surface area contributed by atoms with Crippen LogP contribution in [0, 0.1) is 11.8 Å². The molecule has 8 N–H and O–H groups in total. The van der Waals surface area contributed by atoms with Crippen molar-refractivity contribution in [1.29, 1.82) is 0 Å². The number of ether oxygens (including phenoxy) is 8. The zero-order chi connectivity index (χ0) is 34.3. The fourth-order valence-corrected chi connectivity index (χ4v) is 6.73. The normalized spacial score (nSPS) is 39.5. The van der Waals surface area contributed by atoms with Crippen molar-refractivity contribution in [1.82, 2.24) is 0 Å². The van der Waals surface area contributed by atoms with Crippen LogP contribution in [0.3, 0.4) is 0 Å². The zero-order valence-electron chi connectivity index (χ0n) is 26.2. The standard InChI is InChI=1S/C32H42O16/c1-41-19-7-13(3-5-17(19)45-31-27(39)25(37)23(35)21(9-33)47-31)29-15-11-44-30(16(15)12-43-29)14-4-6-18(20(8-14)42-2)46-32-28(40)26(38)24(36)22(10-34)48-32/h3-8,15-16,21-40H,9-12H2,1-2H3/t15-,16-,21?,22?,23?,24?,25?,26?,27?,28?,29?,30?,31?,32?/m0/s1. The molecule has 4 aliphatic heterocycles. The molecule has 0 saturated carbocycles. The van der Waals surface area contributed by atoms with E-state index in [4.69, 9.17) is 37.9 Å². The Hall–Kier alpha value is -2.84. The minimum atomic E-state index is -1.59. The predicted octanol–water partition coefficient (Wildman–Crippen LogP) is -1.86. The summed E-state index contributed by atoms with van der Waals surface area (Å²) in [7, 11) is 2.90. The average molecular weight is 683 g/mol. The molecule has 4 saturated heterocycles. The SMILES string of the molecule is COc1cc(C2OC[C@@H]3C(c4ccc(OC5OC(CO)C(O)C(O)C5O)c(OC)c4)OC[C@H]23)ccc1OC1OC(CO)C(O)C(O)C1O. The van der Waals surface area contributed by atoms with Crippen molar-refractivity contribution in [2.75, 3.05) is 40.6 Å². The summed E-state index contributed by atoms with van der Waals surface area (Å²) in [5.74, 6) is 0.997. The smallest absolute Gasteiger partial charge is 0.229 e. The molecule has 0 bridgehead atoms. The first-order chi connectivity index (χ1) is 23.1. The van der Waals surface area contributed by atoms with Gasteiger partial charge in [0.25, 0.3) is 0 Å². The molecule has 0 radical (unpaired) electrons. The summed E-state index contributed by atoms with van der Waals surface area (Å²) in [6.45, 7) is -0.371. The highest BCUT2D eigenvalue weighted by Gasteiger charge is 2.49. The van der Waals surface area contributed by atoms with Gasteiger partial charge in [0.2, 0.25) is 12.6 Å². The molecule has 2 aromatic rings. The van der Waals surface area contributed by atoms with Crippen LogP contribution in [0.15, 0.2) is 36.4 Å². The van der Waals surface area contributed by atoms with Gasteiger partial charge in [-0.1, -0.05) is 12.1 Å².